The van der Waals surface area contributed by atoms with Gasteiger partial charge in [-0.05, 0) is 37.5 Å². The van der Waals surface area contributed by atoms with Crippen LogP contribution in [0.3, 0.4) is 0 Å². The third-order valence-corrected chi connectivity index (χ3v) is 3.99. The number of methoxy groups -OCH3 is 1. The highest BCUT2D eigenvalue weighted by Gasteiger charge is 2.32. The molecule has 2 amide bonds. The molecular formula is C17H26ClN3O3. The van der Waals surface area contributed by atoms with Crippen LogP contribution in [0, 0.1) is 0 Å². The predicted octanol–water partition coefficient (Wildman–Crippen LogP) is 1.46. The van der Waals surface area contributed by atoms with E-state index in [0.29, 0.717) is 32.4 Å². The quantitative estimate of drug-likeness (QED) is 0.775. The van der Waals surface area contributed by atoms with Gasteiger partial charge in [0.2, 0.25) is 11.8 Å². The Hall–Kier alpha value is -1.79. The zero-order chi connectivity index (χ0) is 16.8. The first-order valence-electron chi connectivity index (χ1n) is 7.96. The SMILES string of the molecule is COc1ccc(CN2CCC(NC(=O)CCC(C)N)C2=O)cc1.Cl. The van der Waals surface area contributed by atoms with E-state index in [0.717, 1.165) is 11.3 Å². The number of benzene rings is 1. The summed E-state index contributed by atoms with van der Waals surface area (Å²) in [6.45, 7) is 3.07. The van der Waals surface area contributed by atoms with Crippen LogP contribution in [0.15, 0.2) is 24.3 Å². The first-order chi connectivity index (χ1) is 11.0. The zero-order valence-corrected chi connectivity index (χ0v) is 15.0. The standard InChI is InChI=1S/C17H25N3O3.ClH/c1-12(18)3-8-16(21)19-15-9-10-20(17(15)22)11-13-4-6-14(23-2)7-5-13;/h4-7,12,15H,3,8-11,18H2,1-2H3,(H,19,21);1H. The number of nitrogens with two attached hydrogens (primary N) is 1. The van der Waals surface area contributed by atoms with E-state index in [2.05, 4.69) is 5.32 Å². The number of carbonyl (C=O) groups is 2. The van der Waals surface area contributed by atoms with Gasteiger partial charge in [0.15, 0.2) is 0 Å². The molecule has 1 aliphatic rings. The number of nitrogens with zero attached hydrogens (tertiary/aromatic N) is 1. The fourth-order valence-electron chi connectivity index (χ4n) is 2.61. The van der Waals surface area contributed by atoms with Crippen LogP contribution in [-0.4, -0.2) is 42.5 Å². The van der Waals surface area contributed by atoms with Gasteiger partial charge in [0, 0.05) is 25.6 Å². The van der Waals surface area contributed by atoms with Gasteiger partial charge in [0.1, 0.15) is 11.8 Å². The van der Waals surface area contributed by atoms with Crippen LogP contribution in [-0.2, 0) is 16.1 Å². The molecular weight excluding hydrogens is 330 g/mol. The lowest BCUT2D eigenvalue weighted by Gasteiger charge is -2.17. The molecule has 0 aliphatic carbocycles. The van der Waals surface area contributed by atoms with Crippen molar-refractivity contribution in [1.29, 1.82) is 0 Å². The lowest BCUT2D eigenvalue weighted by atomic mass is 10.1. The first-order valence-corrected chi connectivity index (χ1v) is 7.96. The third kappa shape index (κ3) is 5.69. The maximum Gasteiger partial charge on any atom is 0.245 e. The number of rotatable bonds is 7. The van der Waals surface area contributed by atoms with Crippen molar-refractivity contribution in [2.75, 3.05) is 13.7 Å². The molecule has 24 heavy (non-hydrogen) atoms. The Labute approximate surface area is 149 Å². The van der Waals surface area contributed by atoms with E-state index in [4.69, 9.17) is 10.5 Å². The van der Waals surface area contributed by atoms with Crippen LogP contribution in [0.2, 0.25) is 0 Å². The molecule has 3 N–H and O–H groups in total. The second-order valence-electron chi connectivity index (χ2n) is 6.03. The lowest BCUT2D eigenvalue weighted by molar-refractivity contribution is -0.133. The van der Waals surface area contributed by atoms with Crippen molar-refractivity contribution in [2.45, 2.75) is 44.8 Å². The molecule has 2 atom stereocenters. The number of likely N-dealkylation sites (tertiary alicyclic amines) is 1. The van der Waals surface area contributed by atoms with Gasteiger partial charge in [0.25, 0.3) is 0 Å². The van der Waals surface area contributed by atoms with Gasteiger partial charge in [-0.25, -0.2) is 0 Å². The van der Waals surface area contributed by atoms with Crippen molar-refractivity contribution < 1.29 is 14.3 Å². The molecule has 1 heterocycles. The summed E-state index contributed by atoms with van der Waals surface area (Å²) in [7, 11) is 1.62. The second-order valence-corrected chi connectivity index (χ2v) is 6.03. The van der Waals surface area contributed by atoms with E-state index in [1.165, 1.54) is 0 Å². The van der Waals surface area contributed by atoms with Crippen LogP contribution < -0.4 is 15.8 Å². The molecule has 1 fully saturated rings. The number of nitrogens with one attached hydrogen (secondary N) is 1. The molecule has 1 aromatic rings. The summed E-state index contributed by atoms with van der Waals surface area (Å²) >= 11 is 0. The van der Waals surface area contributed by atoms with E-state index in [-0.39, 0.29) is 30.3 Å². The average molecular weight is 356 g/mol. The fraction of sp³-hybridized carbons (Fsp3) is 0.529. The zero-order valence-electron chi connectivity index (χ0n) is 14.2. The van der Waals surface area contributed by atoms with Crippen LogP contribution in [0.4, 0.5) is 0 Å². The maximum atomic E-state index is 12.4. The van der Waals surface area contributed by atoms with Crippen LogP contribution in [0.25, 0.3) is 0 Å². The van der Waals surface area contributed by atoms with Gasteiger partial charge in [-0.2, -0.15) is 0 Å². The largest absolute Gasteiger partial charge is 0.497 e. The Balaban J connectivity index is 0.00000288. The van der Waals surface area contributed by atoms with Crippen LogP contribution >= 0.6 is 12.4 Å². The number of hydrogen-bond donors (Lipinski definition) is 2. The number of amides is 2. The number of ether oxygens (including phenoxy) is 1. The summed E-state index contributed by atoms with van der Waals surface area (Å²) in [4.78, 5) is 26.0. The molecule has 0 radical (unpaired) electrons. The number of halogens is 1. The van der Waals surface area contributed by atoms with Gasteiger partial charge < -0.3 is 20.7 Å². The highest BCUT2D eigenvalue weighted by Crippen LogP contribution is 2.17. The normalized spacial score (nSPS) is 18.0. The van der Waals surface area contributed by atoms with Crippen LogP contribution in [0.1, 0.15) is 31.7 Å². The molecule has 0 spiro atoms. The van der Waals surface area contributed by atoms with Gasteiger partial charge in [-0.1, -0.05) is 12.1 Å². The Morgan fingerprint density at radius 2 is 2.08 bits per heavy atom. The molecule has 0 aromatic heterocycles. The topological polar surface area (TPSA) is 84.7 Å². The van der Waals surface area contributed by atoms with E-state index in [9.17, 15) is 9.59 Å². The minimum Gasteiger partial charge on any atom is -0.497 e. The molecule has 6 nitrogen and oxygen atoms in total. The van der Waals surface area contributed by atoms with E-state index < -0.39 is 6.04 Å². The van der Waals surface area contributed by atoms with Crippen molar-refractivity contribution in [1.82, 2.24) is 10.2 Å². The van der Waals surface area contributed by atoms with Crippen molar-refractivity contribution >= 4 is 24.2 Å². The second kappa shape index (κ2) is 9.49. The Kier molecular flexibility index (Phi) is 8.01. The molecule has 134 valence electrons. The Morgan fingerprint density at radius 1 is 1.42 bits per heavy atom. The third-order valence-electron chi connectivity index (χ3n) is 3.99. The fourth-order valence-corrected chi connectivity index (χ4v) is 2.61. The smallest absolute Gasteiger partial charge is 0.245 e. The van der Waals surface area contributed by atoms with Gasteiger partial charge in [-0.15, -0.1) is 12.4 Å². The molecule has 0 bridgehead atoms. The Morgan fingerprint density at radius 3 is 2.67 bits per heavy atom. The highest BCUT2D eigenvalue weighted by molar-refractivity contribution is 5.89. The minimum atomic E-state index is -0.408. The van der Waals surface area contributed by atoms with E-state index in [1.807, 2.05) is 31.2 Å². The van der Waals surface area contributed by atoms with Gasteiger partial charge in [0.05, 0.1) is 7.11 Å². The van der Waals surface area contributed by atoms with Gasteiger partial charge >= 0.3 is 0 Å². The van der Waals surface area contributed by atoms with Crippen LogP contribution in [0.5, 0.6) is 5.75 Å². The minimum absolute atomic E-state index is 0. The molecule has 2 unspecified atom stereocenters. The maximum absolute atomic E-state index is 12.4. The molecule has 0 saturated carbocycles. The molecule has 1 aromatic carbocycles. The Bertz CT molecular complexity index is 549. The summed E-state index contributed by atoms with van der Waals surface area (Å²) < 4.78 is 5.12. The lowest BCUT2D eigenvalue weighted by Crippen LogP contribution is -2.41. The average Bonchev–Trinajstić information content (AvgIpc) is 2.87. The summed E-state index contributed by atoms with van der Waals surface area (Å²) in [6, 6.07) is 7.23. The summed E-state index contributed by atoms with van der Waals surface area (Å²) in [5.74, 6) is 0.669. The van der Waals surface area contributed by atoms with Crippen molar-refractivity contribution in [2.24, 2.45) is 5.73 Å². The summed E-state index contributed by atoms with van der Waals surface area (Å²) in [5, 5.41) is 2.81. The summed E-state index contributed by atoms with van der Waals surface area (Å²) in [5.41, 5.74) is 6.69. The molecule has 1 saturated heterocycles. The molecule has 1 aliphatic heterocycles. The van der Waals surface area contributed by atoms with Crippen molar-refractivity contribution in [3.8, 4) is 5.75 Å². The monoisotopic (exact) mass is 355 g/mol. The van der Waals surface area contributed by atoms with E-state index in [1.54, 1.807) is 12.0 Å². The van der Waals surface area contributed by atoms with Crippen molar-refractivity contribution in [3.05, 3.63) is 29.8 Å². The van der Waals surface area contributed by atoms with Gasteiger partial charge in [-0.3, -0.25) is 9.59 Å². The highest BCUT2D eigenvalue weighted by atomic mass is 35.5. The number of hydrogen-bond acceptors (Lipinski definition) is 4. The first kappa shape index (κ1) is 20.3. The predicted molar refractivity (Wildman–Crippen MR) is 95.1 cm³/mol. The summed E-state index contributed by atoms with van der Waals surface area (Å²) in [6.07, 6.45) is 1.64. The molecule has 2 rings (SSSR count). The van der Waals surface area contributed by atoms with Crippen molar-refractivity contribution in [3.63, 3.8) is 0 Å². The number of carbonyl (C=O) groups excluding carboxylic acids is 2. The molecule has 7 heteroatoms. The van der Waals surface area contributed by atoms with E-state index >= 15 is 0 Å².